The standard InChI is InChI=1S/C18H30N2O/c1-20(2)16(17-6-5-13-21-17)14-19-15-7-11-18(12-8-15)9-3-4-10-18/h5-6,13,15-16,19H,3-4,7-12,14H2,1-2H3. The maximum Gasteiger partial charge on any atom is 0.122 e. The molecule has 0 amide bonds. The Balaban J connectivity index is 1.49. The highest BCUT2D eigenvalue weighted by molar-refractivity contribution is 5.05. The van der Waals surface area contributed by atoms with Crippen molar-refractivity contribution in [3.63, 3.8) is 0 Å². The van der Waals surface area contributed by atoms with Gasteiger partial charge in [-0.2, -0.15) is 0 Å². The first kappa shape index (κ1) is 15.1. The van der Waals surface area contributed by atoms with E-state index in [-0.39, 0.29) is 0 Å². The van der Waals surface area contributed by atoms with Gasteiger partial charge < -0.3 is 9.73 Å². The summed E-state index contributed by atoms with van der Waals surface area (Å²) in [7, 11) is 4.26. The molecule has 0 saturated heterocycles. The van der Waals surface area contributed by atoms with Crippen LogP contribution in [0.15, 0.2) is 22.8 Å². The average molecular weight is 290 g/mol. The smallest absolute Gasteiger partial charge is 0.122 e. The van der Waals surface area contributed by atoms with Crippen molar-refractivity contribution in [2.24, 2.45) is 5.41 Å². The molecule has 1 aromatic heterocycles. The van der Waals surface area contributed by atoms with E-state index in [1.807, 2.05) is 6.07 Å². The van der Waals surface area contributed by atoms with Crippen LogP contribution in [-0.4, -0.2) is 31.6 Å². The second-order valence-corrected chi connectivity index (χ2v) is 7.38. The highest BCUT2D eigenvalue weighted by Gasteiger charge is 2.37. The van der Waals surface area contributed by atoms with Crippen LogP contribution in [0.3, 0.4) is 0 Å². The summed E-state index contributed by atoms with van der Waals surface area (Å²) in [5.74, 6) is 1.07. The van der Waals surface area contributed by atoms with Crippen LogP contribution in [0.1, 0.15) is 63.2 Å². The van der Waals surface area contributed by atoms with Crippen LogP contribution in [0, 0.1) is 5.41 Å². The molecule has 3 heteroatoms. The lowest BCUT2D eigenvalue weighted by Crippen LogP contribution is -2.40. The van der Waals surface area contributed by atoms with Gasteiger partial charge in [-0.05, 0) is 70.2 Å². The van der Waals surface area contributed by atoms with E-state index in [9.17, 15) is 0 Å². The lowest BCUT2D eigenvalue weighted by Gasteiger charge is -2.38. The molecule has 3 nitrogen and oxygen atoms in total. The number of hydrogen-bond donors (Lipinski definition) is 1. The summed E-state index contributed by atoms with van der Waals surface area (Å²) in [6, 6.07) is 5.10. The average Bonchev–Trinajstić information content (AvgIpc) is 3.13. The molecule has 0 aromatic carbocycles. The van der Waals surface area contributed by atoms with Crippen molar-refractivity contribution in [2.45, 2.75) is 63.5 Å². The van der Waals surface area contributed by atoms with E-state index >= 15 is 0 Å². The normalized spacial score (nSPS) is 24.0. The van der Waals surface area contributed by atoms with Crippen molar-refractivity contribution < 1.29 is 4.42 Å². The van der Waals surface area contributed by atoms with Gasteiger partial charge in [0.15, 0.2) is 0 Å². The molecule has 2 saturated carbocycles. The van der Waals surface area contributed by atoms with E-state index in [0.29, 0.717) is 12.1 Å². The molecular formula is C18H30N2O. The molecule has 1 aromatic rings. The van der Waals surface area contributed by atoms with Gasteiger partial charge >= 0.3 is 0 Å². The van der Waals surface area contributed by atoms with Crippen molar-refractivity contribution in [1.29, 1.82) is 0 Å². The number of furan rings is 1. The van der Waals surface area contributed by atoms with Gasteiger partial charge in [0.1, 0.15) is 5.76 Å². The molecule has 3 rings (SSSR count). The second-order valence-electron chi connectivity index (χ2n) is 7.38. The molecule has 0 radical (unpaired) electrons. The first-order valence-corrected chi connectivity index (χ1v) is 8.62. The third-order valence-corrected chi connectivity index (χ3v) is 5.81. The number of likely N-dealkylation sites (N-methyl/N-ethyl adjacent to an activating group) is 1. The van der Waals surface area contributed by atoms with E-state index in [0.717, 1.165) is 17.7 Å². The van der Waals surface area contributed by atoms with E-state index in [1.165, 1.54) is 51.4 Å². The predicted octanol–water partition coefficient (Wildman–Crippen LogP) is 3.97. The summed E-state index contributed by atoms with van der Waals surface area (Å²) in [6.45, 7) is 0.984. The quantitative estimate of drug-likeness (QED) is 0.889. The van der Waals surface area contributed by atoms with Gasteiger partial charge in [-0.25, -0.2) is 0 Å². The molecule has 1 spiro atoms. The van der Waals surface area contributed by atoms with Crippen molar-refractivity contribution in [3.05, 3.63) is 24.2 Å². The minimum absolute atomic E-state index is 0.336. The van der Waals surface area contributed by atoms with Gasteiger partial charge in [0.05, 0.1) is 12.3 Å². The van der Waals surface area contributed by atoms with Crippen LogP contribution < -0.4 is 5.32 Å². The molecule has 1 atom stereocenters. The Kier molecular flexibility index (Phi) is 4.70. The van der Waals surface area contributed by atoms with Crippen LogP contribution in [0.25, 0.3) is 0 Å². The Labute approximate surface area is 129 Å². The molecule has 21 heavy (non-hydrogen) atoms. The highest BCUT2D eigenvalue weighted by atomic mass is 16.3. The predicted molar refractivity (Wildman–Crippen MR) is 86.3 cm³/mol. The lowest BCUT2D eigenvalue weighted by molar-refractivity contribution is 0.159. The Morgan fingerprint density at radius 3 is 2.52 bits per heavy atom. The van der Waals surface area contributed by atoms with Crippen LogP contribution >= 0.6 is 0 Å². The molecule has 2 aliphatic rings. The molecule has 118 valence electrons. The van der Waals surface area contributed by atoms with Gasteiger partial charge in [0.25, 0.3) is 0 Å². The largest absolute Gasteiger partial charge is 0.468 e. The summed E-state index contributed by atoms with van der Waals surface area (Å²) in [5, 5.41) is 3.80. The Bertz CT molecular complexity index is 410. The SMILES string of the molecule is CN(C)C(CNC1CCC2(CCCC2)CC1)c1ccco1. The van der Waals surface area contributed by atoms with Crippen LogP contribution in [-0.2, 0) is 0 Å². The summed E-state index contributed by atoms with van der Waals surface area (Å²) < 4.78 is 5.59. The fraction of sp³-hybridized carbons (Fsp3) is 0.778. The number of nitrogens with one attached hydrogen (secondary N) is 1. The Morgan fingerprint density at radius 1 is 1.24 bits per heavy atom. The van der Waals surface area contributed by atoms with Crippen molar-refractivity contribution in [1.82, 2.24) is 10.2 Å². The first-order valence-electron chi connectivity index (χ1n) is 8.62. The van der Waals surface area contributed by atoms with E-state index in [2.05, 4.69) is 30.4 Å². The van der Waals surface area contributed by atoms with Gasteiger partial charge in [-0.3, -0.25) is 4.90 Å². The zero-order valence-corrected chi connectivity index (χ0v) is 13.6. The third-order valence-electron chi connectivity index (χ3n) is 5.81. The monoisotopic (exact) mass is 290 g/mol. The fourth-order valence-electron chi connectivity index (χ4n) is 4.36. The van der Waals surface area contributed by atoms with Gasteiger partial charge in [0, 0.05) is 12.6 Å². The number of nitrogens with zero attached hydrogens (tertiary/aromatic N) is 1. The zero-order valence-electron chi connectivity index (χ0n) is 13.6. The summed E-state index contributed by atoms with van der Waals surface area (Å²) in [4.78, 5) is 2.24. The van der Waals surface area contributed by atoms with E-state index in [1.54, 1.807) is 6.26 Å². The summed E-state index contributed by atoms with van der Waals surface area (Å²) in [6.07, 6.45) is 13.3. The maximum absolute atomic E-state index is 5.59. The van der Waals surface area contributed by atoms with Gasteiger partial charge in [0.2, 0.25) is 0 Å². The van der Waals surface area contributed by atoms with Crippen LogP contribution in [0.2, 0.25) is 0 Å². The topological polar surface area (TPSA) is 28.4 Å². The highest BCUT2D eigenvalue weighted by Crippen LogP contribution is 2.48. The zero-order chi connectivity index (χ0) is 14.7. The first-order chi connectivity index (χ1) is 10.2. The minimum Gasteiger partial charge on any atom is -0.468 e. The van der Waals surface area contributed by atoms with Crippen molar-refractivity contribution in [3.8, 4) is 0 Å². The van der Waals surface area contributed by atoms with Crippen molar-refractivity contribution in [2.75, 3.05) is 20.6 Å². The lowest BCUT2D eigenvalue weighted by atomic mass is 9.71. The molecule has 1 unspecified atom stereocenters. The van der Waals surface area contributed by atoms with E-state index < -0.39 is 0 Å². The van der Waals surface area contributed by atoms with Crippen LogP contribution in [0.5, 0.6) is 0 Å². The molecule has 1 heterocycles. The van der Waals surface area contributed by atoms with Crippen LogP contribution in [0.4, 0.5) is 0 Å². The second kappa shape index (κ2) is 6.53. The summed E-state index contributed by atoms with van der Waals surface area (Å²) >= 11 is 0. The van der Waals surface area contributed by atoms with Gasteiger partial charge in [-0.15, -0.1) is 0 Å². The maximum atomic E-state index is 5.59. The third kappa shape index (κ3) is 3.51. The fourth-order valence-corrected chi connectivity index (χ4v) is 4.36. The minimum atomic E-state index is 0.336. The molecular weight excluding hydrogens is 260 g/mol. The van der Waals surface area contributed by atoms with Crippen molar-refractivity contribution >= 4 is 0 Å². The molecule has 2 fully saturated rings. The van der Waals surface area contributed by atoms with E-state index in [4.69, 9.17) is 4.42 Å². The summed E-state index contributed by atoms with van der Waals surface area (Å²) in [5.41, 5.74) is 0.736. The molecule has 2 aliphatic carbocycles. The van der Waals surface area contributed by atoms with Gasteiger partial charge in [-0.1, -0.05) is 12.8 Å². The number of hydrogen-bond acceptors (Lipinski definition) is 3. The molecule has 0 bridgehead atoms. The molecule has 1 N–H and O–H groups in total. The Hall–Kier alpha value is -0.800. The molecule has 0 aliphatic heterocycles. The number of rotatable bonds is 5. The Morgan fingerprint density at radius 2 is 1.95 bits per heavy atom.